The summed E-state index contributed by atoms with van der Waals surface area (Å²) in [5.41, 5.74) is -0.156. The maximum Gasteiger partial charge on any atom is 0.420 e. The number of alkyl halides is 3. The van der Waals surface area contributed by atoms with E-state index in [0.717, 1.165) is 6.07 Å². The molecule has 3 aromatic rings. The van der Waals surface area contributed by atoms with Gasteiger partial charge >= 0.3 is 12.1 Å². The number of nitrogens with one attached hydrogen (secondary N) is 1. The fraction of sp³-hybridized carbons (Fsp3) is 0.167. The first kappa shape index (κ1) is 17.0. The zero-order valence-corrected chi connectivity index (χ0v) is 13.1. The number of carboxylic acids is 1. The van der Waals surface area contributed by atoms with Crippen LogP contribution in [0.1, 0.15) is 21.7 Å². The SMILES string of the molecule is CNCc1cc2cc(-c3ccc(C(=O)O)cc3)cc(C(F)(F)F)c2o1. The molecule has 1 heterocycles. The highest BCUT2D eigenvalue weighted by Gasteiger charge is 2.35. The van der Waals surface area contributed by atoms with E-state index in [9.17, 15) is 18.0 Å². The number of halogens is 3. The minimum atomic E-state index is -4.57. The Balaban J connectivity index is 2.16. The zero-order chi connectivity index (χ0) is 18.2. The number of rotatable bonds is 4. The van der Waals surface area contributed by atoms with E-state index in [1.807, 2.05) is 0 Å². The highest BCUT2D eigenvalue weighted by Crippen LogP contribution is 2.39. The molecule has 0 atom stereocenters. The van der Waals surface area contributed by atoms with Gasteiger partial charge in [-0.25, -0.2) is 4.79 Å². The van der Waals surface area contributed by atoms with Crippen molar-refractivity contribution in [2.45, 2.75) is 12.7 Å². The van der Waals surface area contributed by atoms with Crippen LogP contribution in [0.4, 0.5) is 13.2 Å². The Hall–Kier alpha value is -2.80. The molecule has 2 aromatic carbocycles. The normalized spacial score (nSPS) is 11.8. The number of carbonyl (C=O) groups is 1. The van der Waals surface area contributed by atoms with Crippen molar-refractivity contribution in [3.63, 3.8) is 0 Å². The number of fused-ring (bicyclic) bond motifs is 1. The molecule has 7 heteroatoms. The first-order valence-corrected chi connectivity index (χ1v) is 7.41. The second-order valence-electron chi connectivity index (χ2n) is 5.57. The Morgan fingerprint density at radius 1 is 1.12 bits per heavy atom. The minimum Gasteiger partial charge on any atom is -0.478 e. The number of hydrogen-bond acceptors (Lipinski definition) is 3. The van der Waals surface area contributed by atoms with Crippen LogP contribution in [0.25, 0.3) is 22.1 Å². The van der Waals surface area contributed by atoms with Crippen LogP contribution >= 0.6 is 0 Å². The van der Waals surface area contributed by atoms with Crippen molar-refractivity contribution >= 4 is 16.9 Å². The fourth-order valence-electron chi connectivity index (χ4n) is 2.65. The third-order valence-corrected chi connectivity index (χ3v) is 3.79. The van der Waals surface area contributed by atoms with Gasteiger partial charge in [-0.15, -0.1) is 0 Å². The molecule has 0 aliphatic heterocycles. The number of furan rings is 1. The van der Waals surface area contributed by atoms with Crippen LogP contribution in [-0.2, 0) is 12.7 Å². The van der Waals surface area contributed by atoms with Crippen LogP contribution in [0.15, 0.2) is 46.9 Å². The maximum absolute atomic E-state index is 13.4. The van der Waals surface area contributed by atoms with Gasteiger partial charge in [0.2, 0.25) is 0 Å². The van der Waals surface area contributed by atoms with Gasteiger partial charge in [-0.05, 0) is 48.5 Å². The van der Waals surface area contributed by atoms with Gasteiger partial charge in [0.15, 0.2) is 0 Å². The average molecular weight is 349 g/mol. The third kappa shape index (κ3) is 3.36. The van der Waals surface area contributed by atoms with Crippen LogP contribution in [0.5, 0.6) is 0 Å². The molecule has 0 amide bonds. The van der Waals surface area contributed by atoms with E-state index >= 15 is 0 Å². The predicted octanol–water partition coefficient (Wildman–Crippen LogP) is 4.54. The lowest BCUT2D eigenvalue weighted by Crippen LogP contribution is -2.06. The van der Waals surface area contributed by atoms with Crippen molar-refractivity contribution in [2.75, 3.05) is 7.05 Å². The molecule has 4 nitrogen and oxygen atoms in total. The Labute approximate surface area is 140 Å². The monoisotopic (exact) mass is 349 g/mol. The molecule has 1 aromatic heterocycles. The molecule has 0 aliphatic carbocycles. The molecule has 3 rings (SSSR count). The minimum absolute atomic E-state index is 0.0699. The van der Waals surface area contributed by atoms with Gasteiger partial charge in [0, 0.05) is 5.39 Å². The van der Waals surface area contributed by atoms with Gasteiger partial charge in [0.05, 0.1) is 17.7 Å². The summed E-state index contributed by atoms with van der Waals surface area (Å²) >= 11 is 0. The highest BCUT2D eigenvalue weighted by atomic mass is 19.4. The van der Waals surface area contributed by atoms with Gasteiger partial charge in [-0.2, -0.15) is 13.2 Å². The van der Waals surface area contributed by atoms with E-state index in [-0.39, 0.29) is 11.1 Å². The summed E-state index contributed by atoms with van der Waals surface area (Å²) in [6.07, 6.45) is -4.57. The van der Waals surface area contributed by atoms with Gasteiger partial charge in [0.25, 0.3) is 0 Å². The standard InChI is InChI=1S/C18H14F3NO3/c1-22-9-14-7-13-6-12(8-15(16(13)25-14)18(19,20)21)10-2-4-11(5-3-10)17(23)24/h2-8,22H,9H2,1H3,(H,23,24). The van der Waals surface area contributed by atoms with Crippen molar-refractivity contribution in [1.29, 1.82) is 0 Å². The number of aromatic carboxylic acids is 1. The van der Waals surface area contributed by atoms with E-state index < -0.39 is 17.7 Å². The molecule has 0 spiro atoms. The summed E-state index contributed by atoms with van der Waals surface area (Å²) in [6, 6.07) is 9.87. The van der Waals surface area contributed by atoms with Crippen LogP contribution in [-0.4, -0.2) is 18.1 Å². The molecule has 0 radical (unpaired) electrons. The molecule has 25 heavy (non-hydrogen) atoms. The van der Waals surface area contributed by atoms with E-state index in [0.29, 0.717) is 28.8 Å². The number of hydrogen-bond donors (Lipinski definition) is 2. The summed E-state index contributed by atoms with van der Waals surface area (Å²) in [6.45, 7) is 0.314. The molecule has 0 fully saturated rings. The van der Waals surface area contributed by atoms with Crippen LogP contribution in [0.2, 0.25) is 0 Å². The molecule has 0 bridgehead atoms. The summed E-state index contributed by atoms with van der Waals surface area (Å²) in [7, 11) is 1.67. The van der Waals surface area contributed by atoms with Crippen LogP contribution < -0.4 is 5.32 Å². The van der Waals surface area contributed by atoms with Gasteiger partial charge in [-0.1, -0.05) is 12.1 Å². The first-order chi connectivity index (χ1) is 11.8. The smallest absolute Gasteiger partial charge is 0.420 e. The molecule has 0 saturated carbocycles. The van der Waals surface area contributed by atoms with E-state index in [4.69, 9.17) is 9.52 Å². The largest absolute Gasteiger partial charge is 0.478 e. The first-order valence-electron chi connectivity index (χ1n) is 7.41. The Bertz CT molecular complexity index is 927. The van der Waals surface area contributed by atoms with Gasteiger partial charge in [0.1, 0.15) is 11.3 Å². The Morgan fingerprint density at radius 2 is 1.80 bits per heavy atom. The summed E-state index contributed by atoms with van der Waals surface area (Å²) in [4.78, 5) is 10.9. The predicted molar refractivity (Wildman–Crippen MR) is 86.4 cm³/mol. The fourth-order valence-corrected chi connectivity index (χ4v) is 2.65. The molecule has 0 unspecified atom stereocenters. The topological polar surface area (TPSA) is 62.5 Å². The molecule has 2 N–H and O–H groups in total. The maximum atomic E-state index is 13.4. The van der Waals surface area contributed by atoms with Crippen molar-refractivity contribution in [3.8, 4) is 11.1 Å². The van der Waals surface area contributed by atoms with Gasteiger partial charge < -0.3 is 14.8 Å². The van der Waals surface area contributed by atoms with Crippen molar-refractivity contribution < 1.29 is 27.5 Å². The average Bonchev–Trinajstić information content (AvgIpc) is 2.95. The molecular weight excluding hydrogens is 335 g/mol. The van der Waals surface area contributed by atoms with Crippen molar-refractivity contribution in [3.05, 3.63) is 59.4 Å². The lowest BCUT2D eigenvalue weighted by molar-refractivity contribution is -0.136. The lowest BCUT2D eigenvalue weighted by Gasteiger charge is -2.10. The lowest BCUT2D eigenvalue weighted by atomic mass is 9.99. The second-order valence-corrected chi connectivity index (χ2v) is 5.57. The summed E-state index contributed by atoms with van der Waals surface area (Å²) < 4.78 is 45.6. The van der Waals surface area contributed by atoms with Crippen molar-refractivity contribution in [1.82, 2.24) is 5.32 Å². The second kappa shape index (κ2) is 6.25. The zero-order valence-electron chi connectivity index (χ0n) is 13.1. The molecule has 130 valence electrons. The van der Waals surface area contributed by atoms with Gasteiger partial charge in [-0.3, -0.25) is 0 Å². The van der Waals surface area contributed by atoms with E-state index in [1.54, 1.807) is 19.2 Å². The number of carboxylic acid groups (broad SMARTS) is 1. The Kier molecular flexibility index (Phi) is 4.26. The van der Waals surface area contributed by atoms with E-state index in [2.05, 4.69) is 5.32 Å². The summed E-state index contributed by atoms with van der Waals surface area (Å²) in [5, 5.41) is 12.1. The highest BCUT2D eigenvalue weighted by molar-refractivity contribution is 5.90. The number of benzene rings is 2. The molecular formula is C18H14F3NO3. The van der Waals surface area contributed by atoms with E-state index in [1.165, 1.54) is 24.3 Å². The quantitative estimate of drug-likeness (QED) is 0.726. The Morgan fingerprint density at radius 3 is 2.36 bits per heavy atom. The molecule has 0 aliphatic rings. The summed E-state index contributed by atoms with van der Waals surface area (Å²) in [5.74, 6) is -0.689. The van der Waals surface area contributed by atoms with Crippen LogP contribution in [0.3, 0.4) is 0 Å². The van der Waals surface area contributed by atoms with Crippen molar-refractivity contribution in [2.24, 2.45) is 0 Å². The molecule has 0 saturated heterocycles. The van der Waals surface area contributed by atoms with Crippen LogP contribution in [0, 0.1) is 0 Å². The third-order valence-electron chi connectivity index (χ3n) is 3.79.